The predicted octanol–water partition coefficient (Wildman–Crippen LogP) is 2.18. The second-order valence-electron chi connectivity index (χ2n) is 4.61. The van der Waals surface area contributed by atoms with E-state index in [-0.39, 0.29) is 67.1 Å². The van der Waals surface area contributed by atoms with E-state index in [9.17, 15) is 18.3 Å². The molecule has 10 heteroatoms. The van der Waals surface area contributed by atoms with E-state index in [2.05, 4.69) is 4.72 Å². The standard InChI is InChI=1S/C15H13Cl2NO5S.K/c1-2-23-10-5-3-9(4-6-10)18-24(21,22)14-7-11(15(19)20)12(16)8-13(14)17;/h3-8,18H,2H2,1H3,(H,19,20);/p-1. The van der Waals surface area contributed by atoms with Gasteiger partial charge in [0.2, 0.25) is 0 Å². The number of rotatable bonds is 6. The fraction of sp³-hybridized carbons (Fsp3) is 0.133. The summed E-state index contributed by atoms with van der Waals surface area (Å²) < 4.78 is 32.4. The first-order chi connectivity index (χ1) is 11.2. The summed E-state index contributed by atoms with van der Waals surface area (Å²) in [5.41, 5.74) is -0.201. The third-order valence-corrected chi connectivity index (χ3v) is 5.11. The van der Waals surface area contributed by atoms with Crippen LogP contribution in [0.4, 0.5) is 5.69 Å². The molecule has 0 aromatic heterocycles. The molecular weight excluding hydrogens is 416 g/mol. The Kier molecular flexibility index (Phi) is 8.69. The number of benzene rings is 2. The predicted molar refractivity (Wildman–Crippen MR) is 95.0 cm³/mol. The summed E-state index contributed by atoms with van der Waals surface area (Å²) in [7, 11) is -4.11. The van der Waals surface area contributed by atoms with E-state index in [0.29, 0.717) is 12.4 Å². The maximum Gasteiger partial charge on any atom is 0.263 e. The Morgan fingerprint density at radius 2 is 1.76 bits per heavy atom. The van der Waals surface area contributed by atoms with Gasteiger partial charge < -0.3 is 14.6 Å². The zero-order valence-corrected chi connectivity index (χ0v) is 18.8. The second-order valence-corrected chi connectivity index (χ2v) is 7.08. The largest absolute Gasteiger partial charge is 0.545 e. The first kappa shape index (κ1) is 22.7. The normalized spacial score (nSPS) is 10.7. The van der Waals surface area contributed by atoms with Gasteiger partial charge in [-0.25, -0.2) is 8.42 Å². The molecule has 0 bridgehead atoms. The smallest absolute Gasteiger partial charge is 0.263 e. The summed E-state index contributed by atoms with van der Waals surface area (Å²) in [4.78, 5) is 10.6. The Bertz CT molecular complexity index is 872. The van der Waals surface area contributed by atoms with Crippen LogP contribution in [0.25, 0.3) is 0 Å². The number of aromatic carboxylic acids is 1. The van der Waals surface area contributed by atoms with Crippen molar-refractivity contribution >= 4 is 96.3 Å². The number of carbonyl (C=O) groups is 1. The number of carboxylic acid groups (broad SMARTS) is 1. The van der Waals surface area contributed by atoms with Gasteiger partial charge >= 0.3 is 0 Å². The van der Waals surface area contributed by atoms with E-state index in [0.717, 1.165) is 12.1 Å². The van der Waals surface area contributed by atoms with Gasteiger partial charge in [-0.3, -0.25) is 4.72 Å². The van der Waals surface area contributed by atoms with Crippen LogP contribution in [0.5, 0.6) is 5.75 Å². The van der Waals surface area contributed by atoms with Crippen molar-refractivity contribution in [3.63, 3.8) is 0 Å². The Hall–Kier alpha value is -0.324. The third kappa shape index (κ3) is 5.83. The topological polar surface area (TPSA) is 95.5 Å². The van der Waals surface area contributed by atoms with Gasteiger partial charge in [0.25, 0.3) is 10.0 Å². The summed E-state index contributed by atoms with van der Waals surface area (Å²) in [6.07, 6.45) is 0. The average Bonchev–Trinajstić information content (AvgIpc) is 2.48. The third-order valence-electron chi connectivity index (χ3n) is 2.95. The quantitative estimate of drug-likeness (QED) is 0.712. The van der Waals surface area contributed by atoms with E-state index in [1.165, 1.54) is 12.1 Å². The molecule has 0 aliphatic heterocycles. The number of carbonyl (C=O) groups excluding carboxylic acids is 1. The molecule has 0 heterocycles. The van der Waals surface area contributed by atoms with Crippen LogP contribution in [0.15, 0.2) is 41.3 Å². The molecule has 2 aromatic rings. The number of ether oxygens (including phenoxy) is 1. The monoisotopic (exact) mass is 427 g/mol. The molecule has 0 atom stereocenters. The number of sulfonamides is 1. The van der Waals surface area contributed by atoms with Crippen molar-refractivity contribution in [2.24, 2.45) is 0 Å². The molecule has 0 saturated heterocycles. The Morgan fingerprint density at radius 1 is 1.16 bits per heavy atom. The molecule has 2 rings (SSSR count). The Labute approximate surface area is 197 Å². The minimum Gasteiger partial charge on any atom is -0.545 e. The van der Waals surface area contributed by atoms with Crippen molar-refractivity contribution in [1.29, 1.82) is 0 Å². The summed E-state index contributed by atoms with van der Waals surface area (Å²) in [6.45, 7) is 2.31. The second kappa shape index (κ2) is 9.57. The Morgan fingerprint density at radius 3 is 2.28 bits per heavy atom. The summed E-state index contributed by atoms with van der Waals surface area (Å²) >= 11 is 11.6. The molecule has 1 N–H and O–H groups in total. The number of hydrogen-bond acceptors (Lipinski definition) is 5. The van der Waals surface area contributed by atoms with Gasteiger partial charge in [-0.15, -0.1) is 0 Å². The maximum absolute atomic E-state index is 12.4. The van der Waals surface area contributed by atoms with Crippen LogP contribution in [-0.2, 0) is 10.0 Å². The number of halogens is 2. The molecule has 6 nitrogen and oxygen atoms in total. The molecule has 0 aliphatic rings. The van der Waals surface area contributed by atoms with Crippen LogP contribution < -0.4 is 14.6 Å². The van der Waals surface area contributed by atoms with E-state index in [4.69, 9.17) is 27.9 Å². The van der Waals surface area contributed by atoms with Crippen molar-refractivity contribution in [3.8, 4) is 5.75 Å². The van der Waals surface area contributed by atoms with E-state index >= 15 is 0 Å². The van der Waals surface area contributed by atoms with Crippen LogP contribution >= 0.6 is 23.2 Å². The minimum absolute atomic E-state index is 0. The van der Waals surface area contributed by atoms with Crippen molar-refractivity contribution < 1.29 is 23.1 Å². The number of anilines is 1. The van der Waals surface area contributed by atoms with E-state index in [1.807, 2.05) is 6.92 Å². The molecular formula is C15H12Cl2KNO5S-. The molecule has 129 valence electrons. The van der Waals surface area contributed by atoms with Gasteiger partial charge in [0, 0.05) is 62.6 Å². The van der Waals surface area contributed by atoms with Crippen molar-refractivity contribution in [2.45, 2.75) is 11.8 Å². The van der Waals surface area contributed by atoms with Crippen LogP contribution in [0, 0.1) is 0 Å². The molecule has 25 heavy (non-hydrogen) atoms. The maximum atomic E-state index is 12.4. The van der Waals surface area contributed by atoms with Crippen molar-refractivity contribution in [1.82, 2.24) is 0 Å². The zero-order chi connectivity index (χ0) is 17.9. The summed E-state index contributed by atoms with van der Waals surface area (Å²) in [5, 5.41) is 10.6. The van der Waals surface area contributed by atoms with Gasteiger partial charge in [-0.2, -0.15) is 0 Å². The number of hydrogen-bond donors (Lipinski definition) is 1. The first-order valence-electron chi connectivity index (χ1n) is 6.70. The average molecular weight is 428 g/mol. The van der Waals surface area contributed by atoms with E-state index in [1.54, 1.807) is 12.1 Å². The molecule has 0 unspecified atom stereocenters. The molecule has 2 aromatic carbocycles. The summed E-state index contributed by atoms with van der Waals surface area (Å²) in [5.74, 6) is -1.02. The zero-order valence-electron chi connectivity index (χ0n) is 13.4. The van der Waals surface area contributed by atoms with Crippen LogP contribution in [0.1, 0.15) is 17.3 Å². The van der Waals surface area contributed by atoms with Gasteiger partial charge in [0.15, 0.2) is 0 Å². The van der Waals surface area contributed by atoms with Gasteiger partial charge in [0.1, 0.15) is 10.6 Å². The van der Waals surface area contributed by atoms with Crippen molar-refractivity contribution in [2.75, 3.05) is 11.3 Å². The molecule has 0 amide bonds. The fourth-order valence-electron chi connectivity index (χ4n) is 1.89. The van der Waals surface area contributed by atoms with Gasteiger partial charge in [-0.1, -0.05) is 23.2 Å². The molecule has 0 fully saturated rings. The molecule has 0 spiro atoms. The summed E-state index contributed by atoms with van der Waals surface area (Å²) in [6, 6.07) is 8.10. The van der Waals surface area contributed by atoms with E-state index < -0.39 is 26.5 Å². The number of nitrogens with one attached hydrogen (secondary N) is 1. The SMILES string of the molecule is CCOc1ccc(NS(=O)(=O)c2cc(C(=O)[O-])c(Cl)cc2Cl)cc1.[K]. The van der Waals surface area contributed by atoms with Crippen LogP contribution in [0.2, 0.25) is 10.0 Å². The number of carboxylic acids is 1. The van der Waals surface area contributed by atoms with Crippen LogP contribution in [0.3, 0.4) is 0 Å². The van der Waals surface area contributed by atoms with Gasteiger partial charge in [-0.05, 0) is 43.3 Å². The van der Waals surface area contributed by atoms with Gasteiger partial charge in [0.05, 0.1) is 22.6 Å². The Balaban J connectivity index is 0.00000312. The van der Waals surface area contributed by atoms with Crippen molar-refractivity contribution in [3.05, 3.63) is 52.0 Å². The fourth-order valence-corrected chi connectivity index (χ4v) is 3.80. The molecule has 0 aliphatic carbocycles. The minimum atomic E-state index is -4.11. The molecule has 0 saturated carbocycles. The molecule has 1 radical (unpaired) electrons. The first-order valence-corrected chi connectivity index (χ1v) is 8.94. The van der Waals surface area contributed by atoms with Crippen LogP contribution in [-0.4, -0.2) is 72.4 Å².